The molecule has 1 aromatic carbocycles. The highest BCUT2D eigenvalue weighted by atomic mass is 35.5. The first kappa shape index (κ1) is 24.4. The molecule has 184 valence electrons. The van der Waals surface area contributed by atoms with Crippen molar-refractivity contribution in [3.63, 3.8) is 0 Å². The van der Waals surface area contributed by atoms with E-state index in [4.69, 9.17) is 22.4 Å². The number of oxazole rings is 1. The third kappa shape index (κ3) is 4.31. The normalized spacial score (nSPS) is 24.7. The second kappa shape index (κ2) is 9.32. The molecule has 2 N–H and O–H groups in total. The minimum Gasteiger partial charge on any atom is -0.433 e. The van der Waals surface area contributed by atoms with Crippen molar-refractivity contribution in [2.45, 2.75) is 49.0 Å². The lowest BCUT2D eigenvalue weighted by molar-refractivity contribution is -0.728. The highest BCUT2D eigenvalue weighted by molar-refractivity contribution is 7.88. The predicted octanol–water partition coefficient (Wildman–Crippen LogP) is 3.31. The number of sulfonamides is 1. The van der Waals surface area contributed by atoms with E-state index in [1.165, 1.54) is 0 Å². The molecule has 35 heavy (non-hydrogen) atoms. The van der Waals surface area contributed by atoms with Crippen LogP contribution in [0.3, 0.4) is 0 Å². The summed E-state index contributed by atoms with van der Waals surface area (Å²) in [6, 6.07) is 6.80. The SMILES string of the molecule is C#CCCC1C[N+](C(=O)c2nc3c(o2)CNC(C)C3)(S(=O)(=O)c2cc3ccc(Cl)cc3s2)CCN1. The smallest absolute Gasteiger partial charge is 0.417 e. The summed E-state index contributed by atoms with van der Waals surface area (Å²) in [6.07, 6.45) is 7.11. The van der Waals surface area contributed by atoms with Gasteiger partial charge in [0.1, 0.15) is 18.8 Å². The van der Waals surface area contributed by atoms with Crippen molar-refractivity contribution in [2.24, 2.45) is 0 Å². The van der Waals surface area contributed by atoms with E-state index < -0.39 is 19.8 Å². The number of terminal acetylenes is 1. The Morgan fingerprint density at radius 3 is 3.00 bits per heavy atom. The number of carbonyl (C=O) groups excluding carboxylic acids is 1. The third-order valence-corrected chi connectivity index (χ3v) is 10.7. The largest absolute Gasteiger partial charge is 0.433 e. The van der Waals surface area contributed by atoms with E-state index in [9.17, 15) is 13.2 Å². The third-order valence-electron chi connectivity index (χ3n) is 6.67. The minimum atomic E-state index is -4.16. The van der Waals surface area contributed by atoms with Crippen molar-refractivity contribution < 1.29 is 21.5 Å². The maximum Gasteiger partial charge on any atom is 0.417 e. The molecule has 0 aliphatic carbocycles. The van der Waals surface area contributed by atoms with E-state index in [1.54, 1.807) is 24.3 Å². The quantitative estimate of drug-likeness (QED) is 0.383. The number of rotatable bonds is 5. The number of hydrogen-bond acceptors (Lipinski definition) is 8. The number of carbonyl (C=O) groups is 1. The number of quaternary nitrogens is 1. The van der Waals surface area contributed by atoms with Gasteiger partial charge in [-0.05, 0) is 36.9 Å². The summed E-state index contributed by atoms with van der Waals surface area (Å²) in [5.41, 5.74) is 0.700. The van der Waals surface area contributed by atoms with E-state index in [0.717, 1.165) is 21.4 Å². The van der Waals surface area contributed by atoms with Gasteiger partial charge in [-0.2, -0.15) is 8.42 Å². The number of nitrogens with one attached hydrogen (secondary N) is 2. The lowest BCUT2D eigenvalue weighted by atomic mass is 10.1. The van der Waals surface area contributed by atoms with Gasteiger partial charge in [0.25, 0.3) is 0 Å². The first-order valence-electron chi connectivity index (χ1n) is 11.5. The van der Waals surface area contributed by atoms with Crippen molar-refractivity contribution in [3.05, 3.63) is 46.6 Å². The van der Waals surface area contributed by atoms with Gasteiger partial charge in [0.05, 0.1) is 18.3 Å². The lowest BCUT2D eigenvalue weighted by Gasteiger charge is -2.39. The molecule has 1 amide bonds. The van der Waals surface area contributed by atoms with Crippen LogP contribution in [-0.2, 0) is 23.0 Å². The molecule has 0 saturated carbocycles. The summed E-state index contributed by atoms with van der Waals surface area (Å²) in [4.78, 5) is 18.5. The zero-order chi connectivity index (χ0) is 24.8. The van der Waals surface area contributed by atoms with Crippen molar-refractivity contribution in [3.8, 4) is 12.3 Å². The van der Waals surface area contributed by atoms with Crippen LogP contribution >= 0.6 is 22.9 Å². The van der Waals surface area contributed by atoms with Crippen LogP contribution in [-0.4, -0.2) is 54.9 Å². The zero-order valence-electron chi connectivity index (χ0n) is 19.2. The Hall–Kier alpha value is -2.26. The molecule has 2 aliphatic rings. The number of benzene rings is 1. The fourth-order valence-electron chi connectivity index (χ4n) is 4.78. The zero-order valence-corrected chi connectivity index (χ0v) is 21.6. The van der Waals surface area contributed by atoms with Crippen LogP contribution in [0.25, 0.3) is 10.1 Å². The number of piperazine rings is 1. The number of amides is 1. The highest BCUT2D eigenvalue weighted by Gasteiger charge is 2.56. The van der Waals surface area contributed by atoms with E-state index in [0.29, 0.717) is 48.8 Å². The number of nitrogens with zero attached hydrogens (tertiary/aromatic N) is 2. The van der Waals surface area contributed by atoms with Crippen LogP contribution in [0.1, 0.15) is 41.9 Å². The molecule has 1 fully saturated rings. The van der Waals surface area contributed by atoms with Gasteiger partial charge in [0.15, 0.2) is 4.21 Å². The monoisotopic (exact) mass is 533 g/mol. The second-order valence-corrected chi connectivity index (χ2v) is 13.0. The fraction of sp³-hybridized carbons (Fsp3) is 0.417. The number of halogens is 1. The summed E-state index contributed by atoms with van der Waals surface area (Å²) < 4.78 is 34.5. The van der Waals surface area contributed by atoms with E-state index >= 15 is 0 Å². The predicted molar refractivity (Wildman–Crippen MR) is 135 cm³/mol. The van der Waals surface area contributed by atoms with Gasteiger partial charge in [0, 0.05) is 35.2 Å². The van der Waals surface area contributed by atoms with Crippen LogP contribution in [0.5, 0.6) is 0 Å². The van der Waals surface area contributed by atoms with Crippen LogP contribution in [0, 0.1) is 12.3 Å². The Morgan fingerprint density at radius 2 is 2.20 bits per heavy atom. The Bertz CT molecular complexity index is 1440. The van der Waals surface area contributed by atoms with Crippen molar-refractivity contribution in [1.29, 1.82) is 0 Å². The highest BCUT2D eigenvalue weighted by Crippen LogP contribution is 2.37. The van der Waals surface area contributed by atoms with Gasteiger partial charge in [-0.25, -0.2) is 9.78 Å². The number of hydrogen-bond donors (Lipinski definition) is 2. The average Bonchev–Trinajstić information content (AvgIpc) is 3.46. The summed E-state index contributed by atoms with van der Waals surface area (Å²) >= 11 is 7.24. The minimum absolute atomic E-state index is 0.0412. The lowest BCUT2D eigenvalue weighted by Crippen LogP contribution is -2.67. The average molecular weight is 534 g/mol. The molecular formula is C24H26ClN4O4S2+. The van der Waals surface area contributed by atoms with Gasteiger partial charge in [-0.3, -0.25) is 0 Å². The molecule has 4 heterocycles. The standard InChI is InChI=1S/C24H26ClN4O4S2/c1-3-4-5-18-14-29(9-8-26-18,24(30)23-28-19-10-15(2)27-13-20(19)33-23)35(31,32)22-11-16-6-7-17(25)12-21(16)34-22/h1,6-7,11-12,15,18,26-27H,4-5,8-10,13-14H2,2H3/q+1. The van der Waals surface area contributed by atoms with E-state index in [2.05, 4.69) is 21.5 Å². The first-order valence-corrected chi connectivity index (χ1v) is 14.1. The van der Waals surface area contributed by atoms with E-state index in [-0.39, 0.29) is 35.3 Å². The van der Waals surface area contributed by atoms with Gasteiger partial charge >= 0.3 is 21.8 Å². The van der Waals surface area contributed by atoms with Crippen LogP contribution < -0.4 is 10.6 Å². The van der Waals surface area contributed by atoms with Crippen molar-refractivity contribution in [2.75, 3.05) is 19.6 Å². The summed E-state index contributed by atoms with van der Waals surface area (Å²) in [5, 5.41) is 7.88. The first-order chi connectivity index (χ1) is 16.7. The van der Waals surface area contributed by atoms with Crippen LogP contribution in [0.15, 0.2) is 32.9 Å². The molecule has 3 aromatic rings. The Kier molecular flexibility index (Phi) is 6.50. The number of thiophene rings is 1. The molecule has 1 saturated heterocycles. The molecule has 2 aliphatic heterocycles. The Balaban J connectivity index is 1.61. The van der Waals surface area contributed by atoms with Crippen LogP contribution in [0.4, 0.5) is 0 Å². The summed E-state index contributed by atoms with van der Waals surface area (Å²) in [6.45, 7) is 2.92. The van der Waals surface area contributed by atoms with Crippen LogP contribution in [0.2, 0.25) is 5.02 Å². The summed E-state index contributed by atoms with van der Waals surface area (Å²) in [7, 11) is -4.16. The topological polar surface area (TPSA) is 101 Å². The van der Waals surface area contributed by atoms with Gasteiger partial charge in [0.2, 0.25) is 0 Å². The molecular weight excluding hydrogens is 508 g/mol. The molecule has 5 rings (SSSR count). The maximum absolute atomic E-state index is 14.3. The molecule has 3 unspecified atom stereocenters. The Labute approximate surface area is 213 Å². The van der Waals surface area contributed by atoms with Crippen molar-refractivity contribution in [1.82, 2.24) is 15.6 Å². The molecule has 8 nitrogen and oxygen atoms in total. The second-order valence-electron chi connectivity index (χ2n) is 9.09. The molecule has 0 radical (unpaired) electrons. The van der Waals surface area contributed by atoms with Gasteiger partial charge < -0.3 is 15.1 Å². The molecule has 2 aromatic heterocycles. The maximum atomic E-state index is 14.3. The Morgan fingerprint density at radius 1 is 1.37 bits per heavy atom. The molecule has 0 bridgehead atoms. The summed E-state index contributed by atoms with van der Waals surface area (Å²) in [5.74, 6) is 2.39. The molecule has 0 spiro atoms. The molecule has 11 heteroatoms. The number of aromatic nitrogens is 1. The van der Waals surface area contributed by atoms with Gasteiger partial charge in [-0.1, -0.05) is 17.7 Å². The molecule has 3 atom stereocenters. The number of fused-ring (bicyclic) bond motifs is 2. The van der Waals surface area contributed by atoms with Crippen molar-refractivity contribution >= 4 is 49.0 Å². The van der Waals surface area contributed by atoms with Gasteiger partial charge in [-0.15, -0.1) is 27.6 Å². The van der Waals surface area contributed by atoms with E-state index in [1.807, 2.05) is 6.92 Å². The fourth-order valence-corrected chi connectivity index (χ4v) is 8.59.